The van der Waals surface area contributed by atoms with E-state index in [0.717, 1.165) is 6.42 Å². The van der Waals surface area contributed by atoms with E-state index < -0.39 is 0 Å². The fourth-order valence-electron chi connectivity index (χ4n) is 1.47. The minimum Gasteiger partial charge on any atom is -0.411 e. The molecule has 1 amide bonds. The first-order chi connectivity index (χ1) is 5.85. The normalized spacial score (nSPS) is 11.8. The SMILES string of the molecule is [CH2-]CNC(=O)[CH-]C(C)CC(C)(C)C.[Re].[W]. The summed E-state index contributed by atoms with van der Waals surface area (Å²) < 4.78 is 0. The Kier molecular flexibility index (Phi) is 13.9. The molecule has 1 N–H and O–H groups in total. The first kappa shape index (κ1) is 21.0. The summed E-state index contributed by atoms with van der Waals surface area (Å²) in [7, 11) is 0. The van der Waals surface area contributed by atoms with E-state index in [4.69, 9.17) is 0 Å². The first-order valence-electron chi connectivity index (χ1n) is 4.77. The molecule has 0 spiro atoms. The largest absolute Gasteiger partial charge is 0.411 e. The Labute approximate surface area is 122 Å². The summed E-state index contributed by atoms with van der Waals surface area (Å²) >= 11 is 0. The molecule has 1 unspecified atom stereocenters. The van der Waals surface area contributed by atoms with Crippen molar-refractivity contribution < 1.29 is 46.3 Å². The predicted molar refractivity (Wildman–Crippen MR) is 55.9 cm³/mol. The Bertz CT molecular complexity index is 168. The van der Waals surface area contributed by atoms with E-state index in [-0.39, 0.29) is 52.8 Å². The second-order valence-electron chi connectivity index (χ2n) is 4.70. The van der Waals surface area contributed by atoms with E-state index in [2.05, 4.69) is 39.9 Å². The van der Waals surface area contributed by atoms with E-state index in [0.29, 0.717) is 12.5 Å². The quantitative estimate of drug-likeness (QED) is 0.532. The van der Waals surface area contributed by atoms with Gasteiger partial charge in [-0.25, -0.2) is 0 Å². The summed E-state index contributed by atoms with van der Waals surface area (Å²) in [5.74, 6) is 0.318. The van der Waals surface area contributed by atoms with Crippen molar-refractivity contribution in [3.63, 3.8) is 0 Å². The molecular weight excluding hydrogens is 532 g/mol. The maximum absolute atomic E-state index is 11.1. The molecule has 0 saturated heterocycles. The monoisotopic (exact) mass is 554 g/mol. The second-order valence-corrected chi connectivity index (χ2v) is 4.70. The van der Waals surface area contributed by atoms with Gasteiger partial charge in [0.15, 0.2) is 0 Å². The summed E-state index contributed by atoms with van der Waals surface area (Å²) in [6.45, 7) is 12.6. The fraction of sp³-hybridized carbons (Fsp3) is 0.727. The molecule has 0 bridgehead atoms. The molecule has 0 aromatic carbocycles. The van der Waals surface area contributed by atoms with Gasteiger partial charge in [0.25, 0.3) is 0 Å². The number of carbonyl (C=O) groups excluding carboxylic acids is 1. The van der Waals surface area contributed by atoms with Gasteiger partial charge in [0.2, 0.25) is 0 Å². The molecular formula is C11H21NOReW-2. The van der Waals surface area contributed by atoms with Gasteiger partial charge in [0.1, 0.15) is 0 Å². The van der Waals surface area contributed by atoms with E-state index >= 15 is 0 Å². The van der Waals surface area contributed by atoms with Crippen LogP contribution < -0.4 is 5.32 Å². The van der Waals surface area contributed by atoms with Crippen LogP contribution in [0.25, 0.3) is 0 Å². The topological polar surface area (TPSA) is 29.1 Å². The fourth-order valence-corrected chi connectivity index (χ4v) is 1.47. The van der Waals surface area contributed by atoms with Gasteiger partial charge in [-0.05, 0) is 5.41 Å². The summed E-state index contributed by atoms with van der Waals surface area (Å²) in [5.41, 5.74) is 0.278. The summed E-state index contributed by atoms with van der Waals surface area (Å²) in [6, 6.07) is 0. The minimum absolute atomic E-state index is 0. The third-order valence-electron chi connectivity index (χ3n) is 1.67. The van der Waals surface area contributed by atoms with Crippen LogP contribution in [0.1, 0.15) is 34.1 Å². The van der Waals surface area contributed by atoms with Crippen LogP contribution in [-0.2, 0) is 46.3 Å². The standard InChI is InChI=1S/C11H21NO.Re.W/c1-6-12-10(13)7-9(2)8-11(3,4)5;;/h7,9H,1,6,8H2,2-5H3,(H,12,13);;/q-2;;. The molecule has 0 aromatic heterocycles. The van der Waals surface area contributed by atoms with Crippen molar-refractivity contribution in [2.75, 3.05) is 6.54 Å². The van der Waals surface area contributed by atoms with Crippen molar-refractivity contribution in [3.8, 4) is 0 Å². The molecule has 0 heterocycles. The second kappa shape index (κ2) is 9.88. The molecule has 0 aromatic rings. The summed E-state index contributed by atoms with van der Waals surface area (Å²) in [4.78, 5) is 11.1. The molecule has 91 valence electrons. The molecule has 0 saturated carbocycles. The van der Waals surface area contributed by atoms with Crippen LogP contribution in [0.3, 0.4) is 0 Å². The van der Waals surface area contributed by atoms with Crippen molar-refractivity contribution >= 4 is 5.91 Å². The van der Waals surface area contributed by atoms with Gasteiger partial charge in [0.05, 0.1) is 5.91 Å². The van der Waals surface area contributed by atoms with Gasteiger partial charge >= 0.3 is 0 Å². The molecule has 1 radical (unpaired) electrons. The van der Waals surface area contributed by atoms with Crippen molar-refractivity contribution in [2.45, 2.75) is 34.1 Å². The average molecular weight is 553 g/mol. The van der Waals surface area contributed by atoms with Crippen molar-refractivity contribution in [1.29, 1.82) is 0 Å². The average Bonchev–Trinajstić information content (AvgIpc) is 1.81. The van der Waals surface area contributed by atoms with Gasteiger partial charge in [-0.2, -0.15) is 5.92 Å². The number of hydrogen-bond donors (Lipinski definition) is 1. The molecule has 1 atom stereocenters. The molecule has 2 nitrogen and oxygen atoms in total. The Hall–Kier alpha value is 0.691. The van der Waals surface area contributed by atoms with Gasteiger partial charge < -0.3 is 23.5 Å². The Morgan fingerprint density at radius 1 is 1.47 bits per heavy atom. The van der Waals surface area contributed by atoms with E-state index in [1.807, 2.05) is 0 Å². The van der Waals surface area contributed by atoms with E-state index in [1.54, 1.807) is 6.42 Å². The minimum atomic E-state index is -0.00764. The maximum Gasteiger partial charge on any atom is 0.0802 e. The Morgan fingerprint density at radius 2 is 1.93 bits per heavy atom. The third kappa shape index (κ3) is 14.7. The first-order valence-corrected chi connectivity index (χ1v) is 4.77. The Morgan fingerprint density at radius 3 is 2.27 bits per heavy atom. The summed E-state index contributed by atoms with van der Waals surface area (Å²) in [5, 5.41) is 2.66. The van der Waals surface area contributed by atoms with Crippen LogP contribution in [0.15, 0.2) is 0 Å². The van der Waals surface area contributed by atoms with Gasteiger partial charge in [-0.3, -0.25) is 0 Å². The van der Waals surface area contributed by atoms with Crippen molar-refractivity contribution in [2.24, 2.45) is 11.3 Å². The van der Waals surface area contributed by atoms with Gasteiger partial charge in [-0.1, -0.05) is 34.1 Å². The van der Waals surface area contributed by atoms with Crippen LogP contribution in [0, 0.1) is 24.7 Å². The molecule has 0 aliphatic rings. The van der Waals surface area contributed by atoms with Crippen LogP contribution >= 0.6 is 0 Å². The third-order valence-corrected chi connectivity index (χ3v) is 1.67. The number of carbonyl (C=O) groups is 1. The van der Waals surface area contributed by atoms with E-state index in [1.165, 1.54) is 0 Å². The van der Waals surface area contributed by atoms with Crippen LogP contribution in [0.2, 0.25) is 0 Å². The molecule has 15 heavy (non-hydrogen) atoms. The van der Waals surface area contributed by atoms with Crippen molar-refractivity contribution in [1.82, 2.24) is 5.32 Å². The Balaban J connectivity index is -0.000000720. The number of amides is 1. The number of nitrogens with one attached hydrogen (secondary N) is 1. The number of rotatable bonds is 4. The zero-order chi connectivity index (χ0) is 10.5. The zero-order valence-corrected chi connectivity index (χ0v) is 15.6. The van der Waals surface area contributed by atoms with Crippen LogP contribution in [0.4, 0.5) is 0 Å². The van der Waals surface area contributed by atoms with Gasteiger partial charge in [-0.15, -0.1) is 6.54 Å². The zero-order valence-electron chi connectivity index (χ0n) is 9.97. The van der Waals surface area contributed by atoms with Crippen LogP contribution in [-0.4, -0.2) is 12.5 Å². The van der Waals surface area contributed by atoms with Gasteiger partial charge in [0, 0.05) is 41.5 Å². The summed E-state index contributed by atoms with van der Waals surface area (Å²) in [6.07, 6.45) is 2.76. The molecule has 0 aliphatic heterocycles. The number of hydrogen-bond acceptors (Lipinski definition) is 1. The smallest absolute Gasteiger partial charge is 0.0802 e. The van der Waals surface area contributed by atoms with Crippen LogP contribution in [0.5, 0.6) is 0 Å². The molecule has 0 aliphatic carbocycles. The molecule has 4 heteroatoms. The maximum atomic E-state index is 11.1. The van der Waals surface area contributed by atoms with E-state index in [9.17, 15) is 4.79 Å². The van der Waals surface area contributed by atoms with Crippen molar-refractivity contribution in [3.05, 3.63) is 13.3 Å². The molecule has 0 rings (SSSR count). The predicted octanol–water partition coefficient (Wildman–Crippen LogP) is 2.21. The molecule has 0 fully saturated rings.